The van der Waals surface area contributed by atoms with Gasteiger partial charge in [-0.25, -0.2) is 0 Å². The lowest BCUT2D eigenvalue weighted by molar-refractivity contribution is -0.141. The van der Waals surface area contributed by atoms with E-state index in [1.54, 1.807) is 0 Å². The molecule has 0 bridgehead atoms. The highest BCUT2D eigenvalue weighted by atomic mass is 32.1. The second kappa shape index (κ2) is 6.59. The Morgan fingerprint density at radius 2 is 2.00 bits per heavy atom. The van der Waals surface area contributed by atoms with Gasteiger partial charge in [0.05, 0.1) is 5.92 Å². The van der Waals surface area contributed by atoms with Crippen LogP contribution in [-0.4, -0.2) is 11.1 Å². The Morgan fingerprint density at radius 1 is 1.38 bits per heavy atom. The highest BCUT2D eigenvalue weighted by Crippen LogP contribution is 2.17. The number of unbranched alkanes of at least 4 members (excludes halogenated alkanes) is 1. The summed E-state index contributed by atoms with van der Waals surface area (Å²) in [6.45, 7) is 2.08. The zero-order valence-electron chi connectivity index (χ0n) is 9.52. The van der Waals surface area contributed by atoms with Crippen LogP contribution in [0, 0.1) is 5.92 Å². The maximum absolute atomic E-state index is 11.1. The van der Waals surface area contributed by atoms with Crippen molar-refractivity contribution in [2.75, 3.05) is 0 Å². The highest BCUT2D eigenvalue weighted by molar-refractivity contribution is 7.80. The summed E-state index contributed by atoms with van der Waals surface area (Å²) in [5.74, 6) is -0.950. The van der Waals surface area contributed by atoms with Gasteiger partial charge in [-0.1, -0.05) is 31.9 Å². The number of thiol groups is 1. The van der Waals surface area contributed by atoms with E-state index in [-0.39, 0.29) is 5.92 Å². The van der Waals surface area contributed by atoms with Crippen LogP contribution >= 0.6 is 12.6 Å². The molecule has 1 N–H and O–H groups in total. The van der Waals surface area contributed by atoms with E-state index < -0.39 is 5.97 Å². The molecule has 0 aliphatic heterocycles. The summed E-state index contributed by atoms with van der Waals surface area (Å²) in [5.41, 5.74) is 1.07. The van der Waals surface area contributed by atoms with Gasteiger partial charge in [-0.2, -0.15) is 0 Å². The van der Waals surface area contributed by atoms with Gasteiger partial charge in [0.25, 0.3) is 0 Å². The van der Waals surface area contributed by atoms with Crippen LogP contribution in [0.5, 0.6) is 0 Å². The normalized spacial score (nSPS) is 12.4. The molecule has 16 heavy (non-hydrogen) atoms. The molecule has 3 heteroatoms. The average Bonchev–Trinajstić information content (AvgIpc) is 2.26. The first kappa shape index (κ1) is 13.1. The predicted molar refractivity (Wildman–Crippen MR) is 68.0 cm³/mol. The third-order valence-electron chi connectivity index (χ3n) is 2.67. The molecule has 0 saturated carbocycles. The first-order chi connectivity index (χ1) is 7.63. The lowest BCUT2D eigenvalue weighted by atomic mass is 9.94. The minimum Gasteiger partial charge on any atom is -0.481 e. The van der Waals surface area contributed by atoms with E-state index in [1.807, 2.05) is 24.3 Å². The summed E-state index contributed by atoms with van der Waals surface area (Å²) in [6, 6.07) is 7.70. The number of hydrogen-bond donors (Lipinski definition) is 2. The molecular formula is C13H18O2S. The fraction of sp³-hybridized carbons (Fsp3) is 0.462. The fourth-order valence-corrected chi connectivity index (χ4v) is 1.83. The van der Waals surface area contributed by atoms with E-state index in [2.05, 4.69) is 19.6 Å². The highest BCUT2D eigenvalue weighted by Gasteiger charge is 2.16. The van der Waals surface area contributed by atoms with Crippen molar-refractivity contribution in [3.05, 3.63) is 29.8 Å². The van der Waals surface area contributed by atoms with E-state index in [4.69, 9.17) is 5.11 Å². The van der Waals surface area contributed by atoms with Crippen LogP contribution in [0.4, 0.5) is 0 Å². The smallest absolute Gasteiger partial charge is 0.306 e. The van der Waals surface area contributed by atoms with Gasteiger partial charge in [0, 0.05) is 4.90 Å². The third-order valence-corrected chi connectivity index (χ3v) is 2.97. The molecule has 1 aromatic carbocycles. The van der Waals surface area contributed by atoms with Gasteiger partial charge >= 0.3 is 5.97 Å². The largest absolute Gasteiger partial charge is 0.481 e. The summed E-state index contributed by atoms with van der Waals surface area (Å²) in [7, 11) is 0. The minimum absolute atomic E-state index is 0.259. The molecule has 0 amide bonds. The Labute approximate surface area is 102 Å². The van der Waals surface area contributed by atoms with Gasteiger partial charge in [0.1, 0.15) is 0 Å². The molecular weight excluding hydrogens is 220 g/mol. The summed E-state index contributed by atoms with van der Waals surface area (Å²) < 4.78 is 0. The van der Waals surface area contributed by atoms with Crippen LogP contribution in [0.15, 0.2) is 29.2 Å². The molecule has 2 nitrogen and oxygen atoms in total. The van der Waals surface area contributed by atoms with Gasteiger partial charge < -0.3 is 5.11 Å². The summed E-state index contributed by atoms with van der Waals surface area (Å²) in [5, 5.41) is 9.10. The minimum atomic E-state index is -0.691. The number of hydrogen-bond acceptors (Lipinski definition) is 2. The number of carboxylic acid groups (broad SMARTS) is 1. The van der Waals surface area contributed by atoms with Gasteiger partial charge in [-0.05, 0) is 30.5 Å². The van der Waals surface area contributed by atoms with E-state index in [0.29, 0.717) is 6.42 Å². The number of aliphatic carboxylic acids is 1. The molecule has 1 rings (SSSR count). The monoisotopic (exact) mass is 238 g/mol. The van der Waals surface area contributed by atoms with Gasteiger partial charge in [0.2, 0.25) is 0 Å². The van der Waals surface area contributed by atoms with Crippen molar-refractivity contribution >= 4 is 18.6 Å². The van der Waals surface area contributed by atoms with Crippen LogP contribution in [0.1, 0.15) is 31.7 Å². The van der Waals surface area contributed by atoms with E-state index in [9.17, 15) is 4.79 Å². The van der Waals surface area contributed by atoms with Crippen LogP contribution < -0.4 is 0 Å². The van der Waals surface area contributed by atoms with Gasteiger partial charge in [-0.3, -0.25) is 4.79 Å². The molecule has 0 aliphatic rings. The maximum Gasteiger partial charge on any atom is 0.306 e. The summed E-state index contributed by atoms with van der Waals surface area (Å²) >= 11 is 4.20. The number of rotatable bonds is 6. The molecule has 1 aromatic rings. The molecule has 0 aromatic heterocycles. The molecule has 1 unspecified atom stereocenters. The van der Waals surface area contributed by atoms with Crippen molar-refractivity contribution < 1.29 is 9.90 Å². The maximum atomic E-state index is 11.1. The summed E-state index contributed by atoms with van der Waals surface area (Å²) in [4.78, 5) is 12.0. The van der Waals surface area contributed by atoms with Gasteiger partial charge in [-0.15, -0.1) is 12.6 Å². The van der Waals surface area contributed by atoms with Crippen LogP contribution in [0.2, 0.25) is 0 Å². The van der Waals surface area contributed by atoms with Crippen molar-refractivity contribution in [3.63, 3.8) is 0 Å². The second-order valence-corrected chi connectivity index (χ2v) is 4.56. The topological polar surface area (TPSA) is 37.3 Å². The zero-order chi connectivity index (χ0) is 12.0. The van der Waals surface area contributed by atoms with Crippen LogP contribution in [0.3, 0.4) is 0 Å². The van der Waals surface area contributed by atoms with E-state index >= 15 is 0 Å². The Kier molecular flexibility index (Phi) is 5.39. The standard InChI is InChI=1S/C13H18O2S/c1-2-3-4-11(13(14)15)9-10-5-7-12(16)8-6-10/h5-8,11,16H,2-4,9H2,1H3,(H,14,15). The van der Waals surface area contributed by atoms with Crippen molar-refractivity contribution in [2.24, 2.45) is 5.92 Å². The quantitative estimate of drug-likeness (QED) is 0.745. The second-order valence-electron chi connectivity index (χ2n) is 4.05. The molecule has 0 aliphatic carbocycles. The Hall–Kier alpha value is -0.960. The van der Waals surface area contributed by atoms with Crippen molar-refractivity contribution in [2.45, 2.75) is 37.5 Å². The molecule has 0 fully saturated rings. The number of carboxylic acids is 1. The SMILES string of the molecule is CCCCC(Cc1ccc(S)cc1)C(=O)O. The third kappa shape index (κ3) is 4.27. The van der Waals surface area contributed by atoms with Crippen molar-refractivity contribution in [3.8, 4) is 0 Å². The summed E-state index contributed by atoms with van der Waals surface area (Å²) in [6.07, 6.45) is 3.39. The average molecular weight is 238 g/mol. The number of carbonyl (C=O) groups is 1. The van der Waals surface area contributed by atoms with Crippen LogP contribution in [0.25, 0.3) is 0 Å². The van der Waals surface area contributed by atoms with Crippen molar-refractivity contribution in [1.82, 2.24) is 0 Å². The predicted octanol–water partition coefficient (Wildman–Crippen LogP) is 3.41. The molecule has 0 spiro atoms. The fourth-order valence-electron chi connectivity index (χ4n) is 1.68. The van der Waals surface area contributed by atoms with E-state index in [1.165, 1.54) is 0 Å². The Morgan fingerprint density at radius 3 is 2.50 bits per heavy atom. The Balaban J connectivity index is 2.60. The zero-order valence-corrected chi connectivity index (χ0v) is 10.4. The molecule has 0 saturated heterocycles. The first-order valence-corrected chi connectivity index (χ1v) is 6.09. The van der Waals surface area contributed by atoms with Crippen molar-refractivity contribution in [1.29, 1.82) is 0 Å². The molecule has 88 valence electrons. The lowest BCUT2D eigenvalue weighted by Crippen LogP contribution is -2.16. The lowest BCUT2D eigenvalue weighted by Gasteiger charge is -2.11. The molecule has 1 atom stereocenters. The van der Waals surface area contributed by atoms with E-state index in [0.717, 1.165) is 29.7 Å². The number of benzene rings is 1. The Bertz CT molecular complexity index is 332. The first-order valence-electron chi connectivity index (χ1n) is 5.64. The molecule has 0 heterocycles. The van der Waals surface area contributed by atoms with Crippen LogP contribution in [-0.2, 0) is 11.2 Å². The van der Waals surface area contributed by atoms with Gasteiger partial charge in [0.15, 0.2) is 0 Å². The molecule has 0 radical (unpaired) electrons.